The van der Waals surface area contributed by atoms with Crippen molar-refractivity contribution in [1.82, 2.24) is 0 Å². The molecule has 0 bridgehead atoms. The second kappa shape index (κ2) is 4.12. The standard InChI is InChI=1S/C9H10O6/c10-7(11)4-1-2-5(8(12)13)6(3-4)9(14)15/h3-5H,1-2H2,(H,10,11)(H,12,13)(H,14,15). The molecule has 1 rings (SSSR count). The normalized spacial score (nSPS) is 25.5. The summed E-state index contributed by atoms with van der Waals surface area (Å²) in [6.07, 6.45) is 1.22. The van der Waals surface area contributed by atoms with Crippen LogP contribution in [0.5, 0.6) is 0 Å². The molecule has 0 saturated carbocycles. The smallest absolute Gasteiger partial charge is 0.332 e. The first-order chi connectivity index (χ1) is 6.93. The van der Waals surface area contributed by atoms with E-state index in [2.05, 4.69) is 0 Å². The number of carboxylic acids is 3. The van der Waals surface area contributed by atoms with Crippen LogP contribution in [-0.4, -0.2) is 33.2 Å². The van der Waals surface area contributed by atoms with Crippen molar-refractivity contribution in [2.24, 2.45) is 11.8 Å². The summed E-state index contributed by atoms with van der Waals surface area (Å²) in [7, 11) is 0. The van der Waals surface area contributed by atoms with E-state index >= 15 is 0 Å². The maximum atomic E-state index is 10.7. The Kier molecular flexibility index (Phi) is 3.08. The number of hydrogen-bond donors (Lipinski definition) is 3. The van der Waals surface area contributed by atoms with Crippen molar-refractivity contribution < 1.29 is 29.7 Å². The zero-order valence-electron chi connectivity index (χ0n) is 7.71. The van der Waals surface area contributed by atoms with Gasteiger partial charge in [-0.3, -0.25) is 9.59 Å². The zero-order chi connectivity index (χ0) is 11.6. The molecule has 2 unspecified atom stereocenters. The van der Waals surface area contributed by atoms with Crippen molar-refractivity contribution >= 4 is 17.9 Å². The number of carbonyl (C=O) groups is 3. The van der Waals surface area contributed by atoms with Crippen molar-refractivity contribution in [3.05, 3.63) is 11.6 Å². The second-order valence-electron chi connectivity index (χ2n) is 3.34. The predicted octanol–water partition coefficient (Wildman–Crippen LogP) is 0.193. The minimum Gasteiger partial charge on any atom is -0.481 e. The molecule has 0 aliphatic heterocycles. The molecule has 0 amide bonds. The lowest BCUT2D eigenvalue weighted by Gasteiger charge is -2.21. The zero-order valence-corrected chi connectivity index (χ0v) is 7.71. The van der Waals surface area contributed by atoms with Gasteiger partial charge in [-0.25, -0.2) is 4.79 Å². The summed E-state index contributed by atoms with van der Waals surface area (Å²) in [5.74, 6) is -5.72. The largest absolute Gasteiger partial charge is 0.481 e. The van der Waals surface area contributed by atoms with E-state index in [1.165, 1.54) is 0 Å². The van der Waals surface area contributed by atoms with Gasteiger partial charge in [0.25, 0.3) is 0 Å². The van der Waals surface area contributed by atoms with Gasteiger partial charge in [0.15, 0.2) is 0 Å². The van der Waals surface area contributed by atoms with E-state index in [9.17, 15) is 14.4 Å². The van der Waals surface area contributed by atoms with Crippen LogP contribution in [0.3, 0.4) is 0 Å². The molecule has 6 heteroatoms. The van der Waals surface area contributed by atoms with Crippen LogP contribution < -0.4 is 0 Å². The van der Waals surface area contributed by atoms with E-state index in [1.807, 2.05) is 0 Å². The van der Waals surface area contributed by atoms with E-state index in [0.29, 0.717) is 0 Å². The molecule has 6 nitrogen and oxygen atoms in total. The Hall–Kier alpha value is -1.85. The molecule has 2 atom stereocenters. The lowest BCUT2D eigenvalue weighted by Crippen LogP contribution is -2.28. The summed E-state index contributed by atoms with van der Waals surface area (Å²) >= 11 is 0. The molecule has 0 radical (unpaired) electrons. The lowest BCUT2D eigenvalue weighted by atomic mass is 9.82. The first kappa shape index (κ1) is 11.2. The van der Waals surface area contributed by atoms with Crippen LogP contribution in [0.1, 0.15) is 12.8 Å². The number of carboxylic acid groups (broad SMARTS) is 3. The molecule has 15 heavy (non-hydrogen) atoms. The summed E-state index contributed by atoms with van der Waals surface area (Å²) in [6, 6.07) is 0. The van der Waals surface area contributed by atoms with Gasteiger partial charge in [0, 0.05) is 5.57 Å². The molecule has 0 heterocycles. The number of hydrogen-bond acceptors (Lipinski definition) is 3. The monoisotopic (exact) mass is 214 g/mol. The fraction of sp³-hybridized carbons (Fsp3) is 0.444. The Morgan fingerprint density at radius 2 is 1.67 bits per heavy atom. The quantitative estimate of drug-likeness (QED) is 0.618. The highest BCUT2D eigenvalue weighted by molar-refractivity contribution is 5.95. The first-order valence-electron chi connectivity index (χ1n) is 4.34. The summed E-state index contributed by atoms with van der Waals surface area (Å²) in [5.41, 5.74) is -0.332. The third-order valence-corrected chi connectivity index (χ3v) is 2.38. The van der Waals surface area contributed by atoms with Gasteiger partial charge in [-0.15, -0.1) is 0 Å². The Morgan fingerprint density at radius 1 is 1.07 bits per heavy atom. The van der Waals surface area contributed by atoms with Crippen molar-refractivity contribution in [3.8, 4) is 0 Å². The van der Waals surface area contributed by atoms with Crippen LogP contribution in [0.2, 0.25) is 0 Å². The Labute approximate surface area is 84.8 Å². The molecular formula is C9H10O6. The van der Waals surface area contributed by atoms with Gasteiger partial charge in [0.1, 0.15) is 0 Å². The SMILES string of the molecule is O=C(O)C1=CC(C(=O)O)CCC1C(=O)O. The van der Waals surface area contributed by atoms with Gasteiger partial charge in [0.2, 0.25) is 0 Å². The van der Waals surface area contributed by atoms with Gasteiger partial charge in [-0.05, 0) is 12.8 Å². The van der Waals surface area contributed by atoms with Crippen molar-refractivity contribution in [1.29, 1.82) is 0 Å². The van der Waals surface area contributed by atoms with E-state index in [0.717, 1.165) is 6.08 Å². The van der Waals surface area contributed by atoms with Gasteiger partial charge >= 0.3 is 17.9 Å². The molecule has 0 aromatic heterocycles. The van der Waals surface area contributed by atoms with Gasteiger partial charge in [-0.2, -0.15) is 0 Å². The maximum absolute atomic E-state index is 10.7. The topological polar surface area (TPSA) is 112 Å². The molecule has 0 saturated heterocycles. The molecule has 0 fully saturated rings. The van der Waals surface area contributed by atoms with Crippen LogP contribution in [0.4, 0.5) is 0 Å². The molecular weight excluding hydrogens is 204 g/mol. The highest BCUT2D eigenvalue weighted by Gasteiger charge is 2.34. The molecule has 0 aromatic rings. The fourth-order valence-corrected chi connectivity index (χ4v) is 1.59. The van der Waals surface area contributed by atoms with Crippen LogP contribution in [0.15, 0.2) is 11.6 Å². The highest BCUT2D eigenvalue weighted by Crippen LogP contribution is 2.29. The van der Waals surface area contributed by atoms with Gasteiger partial charge in [-0.1, -0.05) is 6.08 Å². The minimum atomic E-state index is -1.37. The average Bonchev–Trinajstić information content (AvgIpc) is 2.16. The van der Waals surface area contributed by atoms with E-state index < -0.39 is 29.7 Å². The van der Waals surface area contributed by atoms with Crippen LogP contribution in [0.25, 0.3) is 0 Å². The maximum Gasteiger partial charge on any atom is 0.332 e. The third kappa shape index (κ3) is 2.34. The summed E-state index contributed by atoms with van der Waals surface area (Å²) < 4.78 is 0. The first-order valence-corrected chi connectivity index (χ1v) is 4.34. The van der Waals surface area contributed by atoms with Crippen LogP contribution >= 0.6 is 0 Å². The van der Waals surface area contributed by atoms with Crippen molar-refractivity contribution in [3.63, 3.8) is 0 Å². The summed E-state index contributed by atoms with van der Waals surface area (Å²) in [5, 5.41) is 26.1. The van der Waals surface area contributed by atoms with Gasteiger partial charge < -0.3 is 15.3 Å². The van der Waals surface area contributed by atoms with E-state index in [-0.39, 0.29) is 18.4 Å². The molecule has 82 valence electrons. The molecule has 1 aliphatic rings. The minimum absolute atomic E-state index is 0.0461. The summed E-state index contributed by atoms with van der Waals surface area (Å²) in [6.45, 7) is 0. The molecule has 0 aromatic carbocycles. The van der Waals surface area contributed by atoms with E-state index in [1.54, 1.807) is 0 Å². The van der Waals surface area contributed by atoms with Crippen LogP contribution in [0, 0.1) is 11.8 Å². The van der Waals surface area contributed by atoms with E-state index in [4.69, 9.17) is 15.3 Å². The molecule has 3 N–H and O–H groups in total. The Bertz CT molecular complexity index is 343. The third-order valence-electron chi connectivity index (χ3n) is 2.38. The van der Waals surface area contributed by atoms with Crippen molar-refractivity contribution in [2.45, 2.75) is 12.8 Å². The Morgan fingerprint density at radius 3 is 2.07 bits per heavy atom. The Balaban J connectivity index is 3.01. The molecule has 1 aliphatic carbocycles. The fourth-order valence-electron chi connectivity index (χ4n) is 1.59. The highest BCUT2D eigenvalue weighted by atomic mass is 16.4. The summed E-state index contributed by atoms with van der Waals surface area (Å²) in [4.78, 5) is 32.0. The van der Waals surface area contributed by atoms with Crippen molar-refractivity contribution in [2.75, 3.05) is 0 Å². The average molecular weight is 214 g/mol. The predicted molar refractivity (Wildman–Crippen MR) is 47.2 cm³/mol. The van der Waals surface area contributed by atoms with Crippen LogP contribution in [-0.2, 0) is 14.4 Å². The lowest BCUT2D eigenvalue weighted by molar-refractivity contribution is -0.146. The number of rotatable bonds is 3. The van der Waals surface area contributed by atoms with Gasteiger partial charge in [0.05, 0.1) is 11.8 Å². The second-order valence-corrected chi connectivity index (χ2v) is 3.34. The number of aliphatic carboxylic acids is 3. The molecule has 0 spiro atoms.